The third-order valence-corrected chi connectivity index (χ3v) is 4.79. The third kappa shape index (κ3) is 3.53. The molecule has 1 aliphatic rings. The lowest BCUT2D eigenvalue weighted by atomic mass is 9.75. The molecule has 1 aliphatic carbocycles. The molecule has 0 spiro atoms. The summed E-state index contributed by atoms with van der Waals surface area (Å²) in [7, 11) is 0. The smallest absolute Gasteiger partial charge is 0.123 e. The van der Waals surface area contributed by atoms with Gasteiger partial charge in [0.25, 0.3) is 0 Å². The van der Waals surface area contributed by atoms with Crippen molar-refractivity contribution in [2.24, 2.45) is 0 Å². The van der Waals surface area contributed by atoms with Crippen LogP contribution in [0.4, 0.5) is 4.39 Å². The van der Waals surface area contributed by atoms with Gasteiger partial charge in [-0.1, -0.05) is 40.2 Å². The minimum Gasteiger partial charge on any atom is -0.307 e. The van der Waals surface area contributed by atoms with E-state index in [0.717, 1.165) is 22.9 Å². The van der Waals surface area contributed by atoms with Crippen LogP contribution in [0, 0.1) is 5.82 Å². The topological polar surface area (TPSA) is 12.0 Å². The molecular formula is C18H19BrFN. The first-order chi connectivity index (χ1) is 10.1. The van der Waals surface area contributed by atoms with Gasteiger partial charge in [0, 0.05) is 16.6 Å². The number of hydrogen-bond acceptors (Lipinski definition) is 1. The highest BCUT2D eigenvalue weighted by molar-refractivity contribution is 9.10. The molecule has 1 fully saturated rings. The Hall–Kier alpha value is -1.19. The van der Waals surface area contributed by atoms with E-state index in [1.165, 1.54) is 11.6 Å². The monoisotopic (exact) mass is 347 g/mol. The zero-order valence-corrected chi connectivity index (χ0v) is 13.6. The van der Waals surface area contributed by atoms with Gasteiger partial charge in [0.05, 0.1) is 0 Å². The van der Waals surface area contributed by atoms with Crippen molar-refractivity contribution < 1.29 is 4.39 Å². The summed E-state index contributed by atoms with van der Waals surface area (Å²) in [6.07, 6.45) is 2.30. The maximum Gasteiger partial charge on any atom is 0.123 e. The Morgan fingerprint density at radius 2 is 1.90 bits per heavy atom. The van der Waals surface area contributed by atoms with Crippen LogP contribution in [0.1, 0.15) is 42.9 Å². The zero-order chi connectivity index (χ0) is 14.8. The summed E-state index contributed by atoms with van der Waals surface area (Å²) in [5, 5.41) is 3.60. The van der Waals surface area contributed by atoms with E-state index in [0.29, 0.717) is 12.0 Å². The van der Waals surface area contributed by atoms with E-state index in [2.05, 4.69) is 52.4 Å². The Balaban J connectivity index is 1.55. The van der Waals surface area contributed by atoms with E-state index < -0.39 is 0 Å². The molecule has 1 N–H and O–H groups in total. The number of hydrogen-bond donors (Lipinski definition) is 1. The molecule has 0 amide bonds. The van der Waals surface area contributed by atoms with Crippen molar-refractivity contribution in [3.05, 3.63) is 69.9 Å². The summed E-state index contributed by atoms with van der Waals surface area (Å²) in [6, 6.07) is 16.1. The van der Waals surface area contributed by atoms with Crippen LogP contribution in [0.15, 0.2) is 53.0 Å². The van der Waals surface area contributed by atoms with Gasteiger partial charge < -0.3 is 5.32 Å². The molecule has 110 valence electrons. The van der Waals surface area contributed by atoms with E-state index in [4.69, 9.17) is 0 Å². The van der Waals surface area contributed by atoms with Gasteiger partial charge in [-0.2, -0.15) is 0 Å². The van der Waals surface area contributed by atoms with Crippen LogP contribution in [0.25, 0.3) is 0 Å². The quantitative estimate of drug-likeness (QED) is 0.802. The van der Waals surface area contributed by atoms with E-state index >= 15 is 0 Å². The first kappa shape index (κ1) is 14.7. The van der Waals surface area contributed by atoms with Crippen LogP contribution in [-0.2, 0) is 0 Å². The molecular weight excluding hydrogens is 329 g/mol. The first-order valence-electron chi connectivity index (χ1n) is 7.39. The molecule has 3 heteroatoms. The van der Waals surface area contributed by atoms with Gasteiger partial charge in [0.15, 0.2) is 0 Å². The molecule has 1 nitrogen and oxygen atoms in total. The molecule has 1 unspecified atom stereocenters. The predicted octanol–water partition coefficient (Wildman–Crippen LogP) is 5.19. The number of benzene rings is 2. The first-order valence-corrected chi connectivity index (χ1v) is 8.18. The molecule has 0 bridgehead atoms. The van der Waals surface area contributed by atoms with Crippen LogP contribution >= 0.6 is 15.9 Å². The Morgan fingerprint density at radius 3 is 2.62 bits per heavy atom. The normalized spacial score (nSPS) is 22.6. The van der Waals surface area contributed by atoms with Crippen molar-refractivity contribution in [1.82, 2.24) is 5.32 Å². The summed E-state index contributed by atoms with van der Waals surface area (Å²) in [5.74, 6) is 0.474. The zero-order valence-electron chi connectivity index (χ0n) is 12.0. The van der Waals surface area contributed by atoms with Crippen molar-refractivity contribution in [3.63, 3.8) is 0 Å². The summed E-state index contributed by atoms with van der Waals surface area (Å²) >= 11 is 3.53. The maximum atomic E-state index is 13.2. The predicted molar refractivity (Wildman–Crippen MR) is 87.9 cm³/mol. The fourth-order valence-electron chi connectivity index (χ4n) is 3.01. The van der Waals surface area contributed by atoms with Crippen molar-refractivity contribution in [1.29, 1.82) is 0 Å². The highest BCUT2D eigenvalue weighted by atomic mass is 79.9. The highest BCUT2D eigenvalue weighted by Crippen LogP contribution is 2.38. The molecule has 3 rings (SSSR count). The van der Waals surface area contributed by atoms with Crippen molar-refractivity contribution in [2.45, 2.75) is 37.8 Å². The van der Waals surface area contributed by atoms with Crippen molar-refractivity contribution in [2.75, 3.05) is 0 Å². The molecule has 0 heterocycles. The van der Waals surface area contributed by atoms with Crippen LogP contribution in [-0.4, -0.2) is 6.04 Å². The van der Waals surface area contributed by atoms with Gasteiger partial charge in [-0.25, -0.2) is 4.39 Å². The average molecular weight is 348 g/mol. The number of rotatable bonds is 4. The molecule has 0 aromatic heterocycles. The molecule has 2 aromatic rings. The minimum atomic E-state index is -0.165. The molecule has 0 saturated heterocycles. The molecule has 0 radical (unpaired) electrons. The fraction of sp³-hybridized carbons (Fsp3) is 0.333. The Morgan fingerprint density at radius 1 is 1.14 bits per heavy atom. The van der Waals surface area contributed by atoms with Gasteiger partial charge in [0.2, 0.25) is 0 Å². The van der Waals surface area contributed by atoms with Gasteiger partial charge in [0.1, 0.15) is 5.82 Å². The highest BCUT2D eigenvalue weighted by Gasteiger charge is 2.31. The molecule has 2 aromatic carbocycles. The molecule has 0 aliphatic heterocycles. The van der Waals surface area contributed by atoms with E-state index in [1.54, 1.807) is 12.1 Å². The summed E-state index contributed by atoms with van der Waals surface area (Å²) in [4.78, 5) is 0. The second-order valence-corrected chi connectivity index (χ2v) is 6.78. The maximum absolute atomic E-state index is 13.2. The number of nitrogens with one attached hydrogen (secondary N) is 1. The lowest BCUT2D eigenvalue weighted by Crippen LogP contribution is -2.41. The van der Waals surface area contributed by atoms with Crippen molar-refractivity contribution in [3.8, 4) is 0 Å². The largest absolute Gasteiger partial charge is 0.307 e. The Bertz CT molecular complexity index is 622. The van der Waals surface area contributed by atoms with Gasteiger partial charge >= 0.3 is 0 Å². The van der Waals surface area contributed by atoms with Crippen molar-refractivity contribution >= 4 is 15.9 Å². The summed E-state index contributed by atoms with van der Waals surface area (Å²) < 4.78 is 14.4. The lowest BCUT2D eigenvalue weighted by Gasteiger charge is -2.38. The molecule has 1 saturated carbocycles. The SMILES string of the molecule is CC(NC1CC(c2cccc(Br)c2)C1)c1cccc(F)c1. The van der Waals surface area contributed by atoms with E-state index in [-0.39, 0.29) is 11.9 Å². The summed E-state index contributed by atoms with van der Waals surface area (Å²) in [6.45, 7) is 2.10. The molecule has 1 atom stereocenters. The van der Waals surface area contributed by atoms with Crippen LogP contribution in [0.3, 0.4) is 0 Å². The van der Waals surface area contributed by atoms with Crippen LogP contribution in [0.2, 0.25) is 0 Å². The standard InChI is InChI=1S/C18H19BrFN/c1-12(13-4-3-7-17(20)9-13)21-18-10-15(11-18)14-5-2-6-16(19)8-14/h2-9,12,15,18,21H,10-11H2,1H3. The van der Waals surface area contributed by atoms with Gasteiger partial charge in [-0.05, 0) is 61.1 Å². The third-order valence-electron chi connectivity index (χ3n) is 4.29. The van der Waals surface area contributed by atoms with Gasteiger partial charge in [-0.3, -0.25) is 0 Å². The summed E-state index contributed by atoms with van der Waals surface area (Å²) in [5.41, 5.74) is 2.42. The lowest BCUT2D eigenvalue weighted by molar-refractivity contribution is 0.270. The second-order valence-electron chi connectivity index (χ2n) is 5.86. The van der Waals surface area contributed by atoms with Gasteiger partial charge in [-0.15, -0.1) is 0 Å². The molecule has 21 heavy (non-hydrogen) atoms. The number of halogens is 2. The van der Waals surface area contributed by atoms with E-state index in [9.17, 15) is 4.39 Å². The average Bonchev–Trinajstić information content (AvgIpc) is 2.42. The Kier molecular flexibility index (Phi) is 4.41. The van der Waals surface area contributed by atoms with Crippen LogP contribution < -0.4 is 5.32 Å². The van der Waals surface area contributed by atoms with Crippen LogP contribution in [0.5, 0.6) is 0 Å². The Labute approximate surface area is 133 Å². The minimum absolute atomic E-state index is 0.165. The fourth-order valence-corrected chi connectivity index (χ4v) is 3.43. The van der Waals surface area contributed by atoms with E-state index in [1.807, 2.05) is 6.07 Å². The second kappa shape index (κ2) is 6.29.